The summed E-state index contributed by atoms with van der Waals surface area (Å²) in [5, 5.41) is 17.9. The average Bonchev–Trinajstić information content (AvgIpc) is 3.63. The molecule has 3 aromatic rings. The monoisotopic (exact) mass is 381 g/mol. The molecule has 1 atom stereocenters. The highest BCUT2D eigenvalue weighted by molar-refractivity contribution is 5.50. The number of nitrogens with zero attached hydrogens (tertiary/aromatic N) is 2. The number of halogens is 2. The number of aliphatic hydroxyl groups is 1. The van der Waals surface area contributed by atoms with Crippen molar-refractivity contribution < 1.29 is 13.9 Å². The summed E-state index contributed by atoms with van der Waals surface area (Å²) in [5.74, 6) is -0.824. The van der Waals surface area contributed by atoms with Crippen LogP contribution in [0.5, 0.6) is 0 Å². The molecule has 2 aliphatic carbocycles. The van der Waals surface area contributed by atoms with Gasteiger partial charge in [0.15, 0.2) is 17.9 Å². The minimum Gasteiger partial charge on any atom is -0.369 e. The molecule has 1 heterocycles. The lowest BCUT2D eigenvalue weighted by Crippen LogP contribution is -2.12. The summed E-state index contributed by atoms with van der Waals surface area (Å²) >= 11 is 0. The highest BCUT2D eigenvalue weighted by atomic mass is 19.2. The second-order valence-corrected chi connectivity index (χ2v) is 7.69. The Morgan fingerprint density at radius 1 is 1.00 bits per heavy atom. The molecule has 1 unspecified atom stereocenters. The van der Waals surface area contributed by atoms with E-state index in [2.05, 4.69) is 11.4 Å². The van der Waals surface area contributed by atoms with Gasteiger partial charge < -0.3 is 10.4 Å². The van der Waals surface area contributed by atoms with Gasteiger partial charge in [-0.15, -0.1) is 0 Å². The van der Waals surface area contributed by atoms with Crippen LogP contribution < -0.4 is 5.32 Å². The standard InChI is InChI=1S/C22H21F2N3O/c23-18-3-1-2-17(21(18)24)22(28)25-15-8-10-16(11-9-15)27-20(14-6-7-14)12-19(26-27)13-4-5-13/h1-3,8-14,22,25,28H,4-7H2. The predicted octanol–water partition coefficient (Wildman–Crippen LogP) is 5.01. The smallest absolute Gasteiger partial charge is 0.166 e. The zero-order valence-electron chi connectivity index (χ0n) is 15.3. The van der Waals surface area contributed by atoms with Gasteiger partial charge in [-0.3, -0.25) is 0 Å². The minimum absolute atomic E-state index is 0.124. The molecule has 2 fully saturated rings. The SMILES string of the molecule is OC(Nc1ccc(-n2nc(C3CC3)cc2C2CC2)cc1)c1cccc(F)c1F. The molecule has 0 amide bonds. The van der Waals surface area contributed by atoms with Gasteiger partial charge in [0, 0.05) is 28.8 Å². The summed E-state index contributed by atoms with van der Waals surface area (Å²) in [7, 11) is 0. The number of nitrogens with one attached hydrogen (secondary N) is 1. The summed E-state index contributed by atoms with van der Waals surface area (Å²) in [6.45, 7) is 0. The van der Waals surface area contributed by atoms with E-state index in [9.17, 15) is 13.9 Å². The Labute approximate surface area is 161 Å². The first-order valence-electron chi connectivity index (χ1n) is 9.69. The van der Waals surface area contributed by atoms with Gasteiger partial charge in [0.2, 0.25) is 0 Å². The van der Waals surface area contributed by atoms with Crippen molar-refractivity contribution in [3.8, 4) is 5.69 Å². The van der Waals surface area contributed by atoms with Gasteiger partial charge in [0.05, 0.1) is 11.4 Å². The number of hydrogen-bond acceptors (Lipinski definition) is 3. The van der Waals surface area contributed by atoms with Gasteiger partial charge >= 0.3 is 0 Å². The van der Waals surface area contributed by atoms with Crippen LogP contribution in [-0.4, -0.2) is 14.9 Å². The quantitative estimate of drug-likeness (QED) is 0.590. The molecule has 2 aliphatic rings. The predicted molar refractivity (Wildman–Crippen MR) is 102 cm³/mol. The van der Waals surface area contributed by atoms with E-state index in [1.807, 2.05) is 28.9 Å². The molecule has 5 rings (SSSR count). The van der Waals surface area contributed by atoms with Gasteiger partial charge in [0.1, 0.15) is 0 Å². The first-order valence-corrected chi connectivity index (χ1v) is 9.69. The van der Waals surface area contributed by atoms with E-state index < -0.39 is 17.9 Å². The van der Waals surface area contributed by atoms with Gasteiger partial charge in [0.25, 0.3) is 0 Å². The molecule has 1 aromatic heterocycles. The van der Waals surface area contributed by atoms with Crippen molar-refractivity contribution in [3.05, 3.63) is 77.1 Å². The first kappa shape index (κ1) is 17.4. The van der Waals surface area contributed by atoms with E-state index >= 15 is 0 Å². The number of aliphatic hydroxyl groups excluding tert-OH is 1. The topological polar surface area (TPSA) is 50.1 Å². The van der Waals surface area contributed by atoms with Crippen LogP contribution in [0.3, 0.4) is 0 Å². The van der Waals surface area contributed by atoms with Gasteiger partial charge in [-0.1, -0.05) is 12.1 Å². The van der Waals surface area contributed by atoms with Crippen molar-refractivity contribution in [3.63, 3.8) is 0 Å². The number of rotatable bonds is 6. The van der Waals surface area contributed by atoms with E-state index in [-0.39, 0.29) is 5.56 Å². The average molecular weight is 381 g/mol. The van der Waals surface area contributed by atoms with Crippen LogP contribution in [0.1, 0.15) is 60.7 Å². The van der Waals surface area contributed by atoms with Crippen molar-refractivity contribution >= 4 is 5.69 Å². The fraction of sp³-hybridized carbons (Fsp3) is 0.318. The second kappa shape index (κ2) is 6.71. The fourth-order valence-electron chi connectivity index (χ4n) is 3.54. The van der Waals surface area contributed by atoms with E-state index in [4.69, 9.17) is 5.10 Å². The second-order valence-electron chi connectivity index (χ2n) is 7.69. The molecule has 144 valence electrons. The van der Waals surface area contributed by atoms with Crippen LogP contribution in [0.15, 0.2) is 48.5 Å². The third-order valence-electron chi connectivity index (χ3n) is 5.44. The van der Waals surface area contributed by atoms with E-state index in [1.165, 1.54) is 49.2 Å². The molecule has 2 aromatic carbocycles. The van der Waals surface area contributed by atoms with Crippen LogP contribution in [-0.2, 0) is 0 Å². The molecule has 0 saturated heterocycles. The van der Waals surface area contributed by atoms with Crippen molar-refractivity contribution in [1.29, 1.82) is 0 Å². The molecular formula is C22H21F2N3O. The van der Waals surface area contributed by atoms with Gasteiger partial charge in [-0.05, 0) is 62.1 Å². The van der Waals surface area contributed by atoms with Gasteiger partial charge in [-0.2, -0.15) is 5.10 Å². The van der Waals surface area contributed by atoms with Crippen LogP contribution in [0.4, 0.5) is 14.5 Å². The van der Waals surface area contributed by atoms with Crippen LogP contribution in [0, 0.1) is 11.6 Å². The number of hydrogen-bond donors (Lipinski definition) is 2. The summed E-state index contributed by atoms with van der Waals surface area (Å²) in [4.78, 5) is 0. The highest BCUT2D eigenvalue weighted by Gasteiger charge is 2.32. The van der Waals surface area contributed by atoms with Crippen LogP contribution in [0.25, 0.3) is 5.69 Å². The summed E-state index contributed by atoms with van der Waals surface area (Å²) in [6.07, 6.45) is 3.52. The van der Waals surface area contributed by atoms with Crippen LogP contribution >= 0.6 is 0 Å². The third-order valence-corrected chi connectivity index (χ3v) is 5.44. The van der Waals surface area contributed by atoms with Crippen LogP contribution in [0.2, 0.25) is 0 Å². The molecule has 2 saturated carbocycles. The Hall–Kier alpha value is -2.73. The van der Waals surface area contributed by atoms with E-state index in [1.54, 1.807) is 0 Å². The summed E-state index contributed by atoms with van der Waals surface area (Å²) < 4.78 is 29.2. The highest BCUT2D eigenvalue weighted by Crippen LogP contribution is 2.45. The zero-order chi connectivity index (χ0) is 19.3. The fourth-order valence-corrected chi connectivity index (χ4v) is 3.54. The first-order chi connectivity index (χ1) is 13.6. The lowest BCUT2D eigenvalue weighted by atomic mass is 10.1. The van der Waals surface area contributed by atoms with Crippen molar-refractivity contribution in [2.45, 2.75) is 43.7 Å². The normalized spacial score (nSPS) is 17.5. The maximum absolute atomic E-state index is 13.9. The van der Waals surface area contributed by atoms with Gasteiger partial charge in [-0.25, -0.2) is 13.5 Å². The molecule has 2 N–H and O–H groups in total. The minimum atomic E-state index is -1.34. The Morgan fingerprint density at radius 2 is 1.71 bits per heavy atom. The molecular weight excluding hydrogens is 360 g/mol. The number of aromatic nitrogens is 2. The Morgan fingerprint density at radius 3 is 2.39 bits per heavy atom. The third kappa shape index (κ3) is 3.29. The molecule has 0 aliphatic heterocycles. The number of benzene rings is 2. The molecule has 0 bridgehead atoms. The van der Waals surface area contributed by atoms with Crippen molar-refractivity contribution in [1.82, 2.24) is 9.78 Å². The summed E-state index contributed by atoms with van der Waals surface area (Å²) in [5.41, 5.74) is 3.90. The lowest BCUT2D eigenvalue weighted by Gasteiger charge is -2.16. The van der Waals surface area contributed by atoms with E-state index in [0.717, 1.165) is 11.8 Å². The molecule has 28 heavy (non-hydrogen) atoms. The maximum atomic E-state index is 13.9. The molecule has 0 radical (unpaired) electrons. The zero-order valence-corrected chi connectivity index (χ0v) is 15.3. The Kier molecular flexibility index (Phi) is 4.16. The van der Waals surface area contributed by atoms with Crippen molar-refractivity contribution in [2.75, 3.05) is 5.32 Å². The molecule has 6 heteroatoms. The number of anilines is 1. The molecule has 4 nitrogen and oxygen atoms in total. The maximum Gasteiger partial charge on any atom is 0.166 e. The Bertz CT molecular complexity index is 1010. The Balaban J connectivity index is 1.37. The molecule has 0 spiro atoms. The van der Waals surface area contributed by atoms with Crippen molar-refractivity contribution in [2.24, 2.45) is 0 Å². The largest absolute Gasteiger partial charge is 0.369 e. The lowest BCUT2D eigenvalue weighted by molar-refractivity contribution is 0.201. The van der Waals surface area contributed by atoms with E-state index in [0.29, 0.717) is 17.5 Å². The summed E-state index contributed by atoms with van der Waals surface area (Å²) in [6, 6.07) is 13.5.